The van der Waals surface area contributed by atoms with Crippen LogP contribution in [0.4, 0.5) is 13.2 Å². The highest BCUT2D eigenvalue weighted by Crippen LogP contribution is 2.18. The van der Waals surface area contributed by atoms with Gasteiger partial charge in [0.2, 0.25) is 0 Å². The number of guanidine groups is 1. The van der Waals surface area contributed by atoms with Gasteiger partial charge in [-0.3, -0.25) is 0 Å². The van der Waals surface area contributed by atoms with Crippen molar-refractivity contribution < 1.29 is 23.0 Å². The van der Waals surface area contributed by atoms with Crippen LogP contribution in [0.25, 0.3) is 0 Å². The number of hydrogen-bond acceptors (Lipinski definition) is 3. The van der Waals surface area contributed by atoms with E-state index in [2.05, 4.69) is 20.4 Å². The van der Waals surface area contributed by atoms with Crippen LogP contribution in [0.2, 0.25) is 0 Å². The number of nitrogens with one attached hydrogen (secondary N) is 2. The molecule has 2 aromatic carbocycles. The number of halogens is 3. The van der Waals surface area contributed by atoms with Crippen molar-refractivity contribution in [3.63, 3.8) is 0 Å². The molecule has 0 bridgehead atoms. The van der Waals surface area contributed by atoms with Gasteiger partial charge in [0.25, 0.3) is 0 Å². The lowest BCUT2D eigenvalue weighted by molar-refractivity contribution is -0.153. The van der Waals surface area contributed by atoms with Gasteiger partial charge in [0.1, 0.15) is 11.5 Å². The summed E-state index contributed by atoms with van der Waals surface area (Å²) in [5.41, 5.74) is 1.75. The second-order valence-electron chi connectivity index (χ2n) is 5.77. The SMILES string of the molecule is CCNC(=NCc1cccc(O)c1)NCc1ccc(OCC(F)(F)F)cc1. The van der Waals surface area contributed by atoms with Gasteiger partial charge < -0.3 is 20.5 Å². The molecule has 146 valence electrons. The Balaban J connectivity index is 1.90. The number of benzene rings is 2. The van der Waals surface area contributed by atoms with Crippen LogP contribution in [0, 0.1) is 0 Å². The first-order chi connectivity index (χ1) is 12.9. The molecule has 0 unspecified atom stereocenters. The first-order valence-electron chi connectivity index (χ1n) is 8.44. The van der Waals surface area contributed by atoms with Gasteiger partial charge in [0.05, 0.1) is 6.54 Å². The molecule has 5 nitrogen and oxygen atoms in total. The van der Waals surface area contributed by atoms with Crippen LogP contribution in [0.15, 0.2) is 53.5 Å². The molecule has 3 N–H and O–H groups in total. The van der Waals surface area contributed by atoms with E-state index in [-0.39, 0.29) is 11.5 Å². The topological polar surface area (TPSA) is 65.9 Å². The number of alkyl halides is 3. The maximum Gasteiger partial charge on any atom is 0.422 e. The first-order valence-corrected chi connectivity index (χ1v) is 8.44. The summed E-state index contributed by atoms with van der Waals surface area (Å²) in [4.78, 5) is 4.45. The molecule has 0 fully saturated rings. The molecule has 0 aliphatic heterocycles. The molecule has 2 rings (SSSR count). The molecule has 0 atom stereocenters. The molecule has 0 radical (unpaired) electrons. The fourth-order valence-corrected chi connectivity index (χ4v) is 2.22. The number of rotatable bonds is 7. The molecular weight excluding hydrogens is 359 g/mol. The number of aliphatic imine (C=N–C) groups is 1. The van der Waals surface area contributed by atoms with Crippen molar-refractivity contribution in [3.05, 3.63) is 59.7 Å². The molecule has 27 heavy (non-hydrogen) atoms. The number of aromatic hydroxyl groups is 1. The Hall–Kier alpha value is -2.90. The van der Waals surface area contributed by atoms with Gasteiger partial charge in [-0.25, -0.2) is 4.99 Å². The zero-order valence-electron chi connectivity index (χ0n) is 14.9. The van der Waals surface area contributed by atoms with Crippen LogP contribution in [0.1, 0.15) is 18.1 Å². The third-order valence-electron chi connectivity index (χ3n) is 3.46. The largest absolute Gasteiger partial charge is 0.508 e. The minimum absolute atomic E-state index is 0.167. The van der Waals surface area contributed by atoms with Gasteiger partial charge in [-0.1, -0.05) is 24.3 Å². The Bertz CT molecular complexity index is 747. The quantitative estimate of drug-likeness (QED) is 0.507. The van der Waals surface area contributed by atoms with E-state index in [1.165, 1.54) is 12.1 Å². The van der Waals surface area contributed by atoms with Gasteiger partial charge in [-0.05, 0) is 42.3 Å². The summed E-state index contributed by atoms with van der Waals surface area (Å²) in [5, 5.41) is 15.8. The number of phenolic OH excluding ortho intramolecular Hbond substituents is 1. The predicted octanol–water partition coefficient (Wildman–Crippen LogP) is 3.59. The summed E-state index contributed by atoms with van der Waals surface area (Å²) in [5.74, 6) is 0.951. The lowest BCUT2D eigenvalue weighted by atomic mass is 10.2. The van der Waals surface area contributed by atoms with Gasteiger partial charge in [-0.2, -0.15) is 13.2 Å². The maximum atomic E-state index is 12.2. The van der Waals surface area contributed by atoms with E-state index < -0.39 is 12.8 Å². The number of hydrogen-bond donors (Lipinski definition) is 3. The van der Waals surface area contributed by atoms with E-state index >= 15 is 0 Å². The van der Waals surface area contributed by atoms with E-state index in [1.54, 1.807) is 30.3 Å². The molecule has 0 aliphatic carbocycles. The smallest absolute Gasteiger partial charge is 0.422 e. The summed E-state index contributed by atoms with van der Waals surface area (Å²) in [6, 6.07) is 13.2. The number of ether oxygens (including phenoxy) is 1. The lowest BCUT2D eigenvalue weighted by Gasteiger charge is -2.12. The van der Waals surface area contributed by atoms with Gasteiger partial charge in [0, 0.05) is 13.1 Å². The summed E-state index contributed by atoms with van der Waals surface area (Å²) in [7, 11) is 0. The zero-order chi connectivity index (χ0) is 19.7. The Morgan fingerprint density at radius 2 is 1.81 bits per heavy atom. The summed E-state index contributed by atoms with van der Waals surface area (Å²) >= 11 is 0. The van der Waals surface area contributed by atoms with Crippen LogP contribution < -0.4 is 15.4 Å². The normalized spacial score (nSPS) is 11.9. The first kappa shape index (κ1) is 20.4. The third kappa shape index (κ3) is 7.89. The second kappa shape index (κ2) is 9.70. The highest BCUT2D eigenvalue weighted by Gasteiger charge is 2.28. The second-order valence-corrected chi connectivity index (χ2v) is 5.77. The predicted molar refractivity (Wildman–Crippen MR) is 97.8 cm³/mol. The van der Waals surface area contributed by atoms with Crippen LogP contribution in [-0.2, 0) is 13.1 Å². The molecule has 8 heteroatoms. The van der Waals surface area contributed by atoms with Gasteiger partial charge >= 0.3 is 6.18 Å². The molecule has 0 spiro atoms. The van der Waals surface area contributed by atoms with E-state index in [9.17, 15) is 18.3 Å². The Kier molecular flexibility index (Phi) is 7.34. The highest BCUT2D eigenvalue weighted by atomic mass is 19.4. The van der Waals surface area contributed by atoms with Crippen molar-refractivity contribution in [2.45, 2.75) is 26.2 Å². The van der Waals surface area contributed by atoms with E-state index in [4.69, 9.17) is 0 Å². The molecule has 0 saturated heterocycles. The summed E-state index contributed by atoms with van der Waals surface area (Å²) in [6.45, 7) is 2.16. The van der Waals surface area contributed by atoms with E-state index in [1.807, 2.05) is 13.0 Å². The summed E-state index contributed by atoms with van der Waals surface area (Å²) < 4.78 is 41.1. The number of nitrogens with zero attached hydrogens (tertiary/aromatic N) is 1. The van der Waals surface area contributed by atoms with Gasteiger partial charge in [-0.15, -0.1) is 0 Å². The molecule has 2 aromatic rings. The lowest BCUT2D eigenvalue weighted by Crippen LogP contribution is -2.36. The fraction of sp³-hybridized carbons (Fsp3) is 0.316. The number of phenols is 1. The monoisotopic (exact) mass is 381 g/mol. The van der Waals surface area contributed by atoms with Crippen molar-refractivity contribution in [1.29, 1.82) is 0 Å². The van der Waals surface area contributed by atoms with Crippen LogP contribution in [0.3, 0.4) is 0 Å². The van der Waals surface area contributed by atoms with Gasteiger partial charge in [0.15, 0.2) is 12.6 Å². The average molecular weight is 381 g/mol. The molecule has 0 saturated carbocycles. The van der Waals surface area contributed by atoms with Crippen LogP contribution >= 0.6 is 0 Å². The van der Waals surface area contributed by atoms with E-state index in [0.717, 1.165) is 11.1 Å². The average Bonchev–Trinajstić information content (AvgIpc) is 2.62. The highest BCUT2D eigenvalue weighted by molar-refractivity contribution is 5.79. The molecule has 0 heterocycles. The van der Waals surface area contributed by atoms with Crippen LogP contribution in [-0.4, -0.2) is 30.4 Å². The standard InChI is InChI=1S/C19H22F3N3O2/c1-2-23-18(25-12-15-4-3-5-16(26)10-15)24-11-14-6-8-17(9-7-14)27-13-19(20,21)22/h3-10,26H,2,11-13H2,1H3,(H2,23,24,25). The Morgan fingerprint density at radius 1 is 1.07 bits per heavy atom. The summed E-state index contributed by atoms with van der Waals surface area (Å²) in [6.07, 6.45) is -4.35. The molecule has 0 aromatic heterocycles. The maximum absolute atomic E-state index is 12.2. The van der Waals surface area contributed by atoms with Crippen molar-refractivity contribution >= 4 is 5.96 Å². The Labute approximate surface area is 155 Å². The Morgan fingerprint density at radius 3 is 2.44 bits per heavy atom. The minimum Gasteiger partial charge on any atom is -0.508 e. The van der Waals surface area contributed by atoms with Crippen molar-refractivity contribution in [3.8, 4) is 11.5 Å². The fourth-order valence-electron chi connectivity index (χ4n) is 2.22. The van der Waals surface area contributed by atoms with Crippen molar-refractivity contribution in [1.82, 2.24) is 10.6 Å². The minimum atomic E-state index is -4.35. The van der Waals surface area contributed by atoms with Crippen molar-refractivity contribution in [2.24, 2.45) is 4.99 Å². The molecular formula is C19H22F3N3O2. The zero-order valence-corrected chi connectivity index (χ0v) is 14.9. The van der Waals surface area contributed by atoms with Crippen LogP contribution in [0.5, 0.6) is 11.5 Å². The molecule has 0 aliphatic rings. The van der Waals surface area contributed by atoms with Crippen molar-refractivity contribution in [2.75, 3.05) is 13.2 Å². The molecule has 0 amide bonds. The third-order valence-corrected chi connectivity index (χ3v) is 3.46. The van der Waals surface area contributed by atoms with E-state index in [0.29, 0.717) is 25.6 Å².